The minimum absolute atomic E-state index is 0.397. The number of hydrogen-bond donors (Lipinski definition) is 1. The van der Waals surface area contributed by atoms with Crippen LogP contribution in [0.4, 0.5) is 0 Å². The van der Waals surface area contributed by atoms with E-state index in [9.17, 15) is 14.7 Å². The number of phosphoric ester groups is 1. The van der Waals surface area contributed by atoms with Gasteiger partial charge < -0.3 is 4.89 Å². The van der Waals surface area contributed by atoms with Gasteiger partial charge in [0.2, 0.25) is 0 Å². The van der Waals surface area contributed by atoms with Crippen LogP contribution in [0.2, 0.25) is 0 Å². The number of hydrogen-bond acceptors (Lipinski definition) is 4. The van der Waals surface area contributed by atoms with Gasteiger partial charge in [0.05, 0.1) is 6.10 Å². The van der Waals surface area contributed by atoms with Crippen molar-refractivity contribution in [3.05, 3.63) is 0 Å². The number of phosphoric acid groups is 1. The molecule has 1 radical (unpaired) electrons. The standard InChI is InChI=1S/C10H21NO5P/c1-9(2)6-8(16-17(13,14)15-5)7-10(3,4)11(9)12/h8H,6-7H2,1-5H3,(H,13,14). The molecule has 1 unspecified atom stereocenters. The van der Waals surface area contributed by atoms with Crippen molar-refractivity contribution in [3.8, 4) is 0 Å². The van der Waals surface area contributed by atoms with Crippen LogP contribution in [-0.2, 0) is 18.8 Å². The zero-order valence-corrected chi connectivity index (χ0v) is 11.9. The summed E-state index contributed by atoms with van der Waals surface area (Å²) in [6, 6.07) is 0. The summed E-state index contributed by atoms with van der Waals surface area (Å²) in [6.45, 7) is 7.19. The van der Waals surface area contributed by atoms with Gasteiger partial charge >= 0.3 is 7.82 Å². The third-order valence-corrected chi connectivity index (χ3v) is 4.09. The summed E-state index contributed by atoms with van der Waals surface area (Å²) in [5.41, 5.74) is -1.25. The lowest BCUT2D eigenvalue weighted by Crippen LogP contribution is -2.59. The smallest absolute Gasteiger partial charge is 0.302 e. The first kappa shape index (κ1) is 15.1. The highest BCUT2D eigenvalue weighted by atomic mass is 31.2. The highest BCUT2D eigenvalue weighted by molar-refractivity contribution is 7.47. The van der Waals surface area contributed by atoms with Crippen LogP contribution in [0.3, 0.4) is 0 Å². The molecule has 7 heteroatoms. The second kappa shape index (κ2) is 4.61. The molecule has 1 heterocycles. The molecule has 1 aliphatic heterocycles. The van der Waals surface area contributed by atoms with Gasteiger partial charge in [-0.25, -0.2) is 4.57 Å². The van der Waals surface area contributed by atoms with E-state index in [1.165, 1.54) is 0 Å². The fourth-order valence-corrected chi connectivity index (χ4v) is 3.09. The van der Waals surface area contributed by atoms with Gasteiger partial charge in [-0.05, 0) is 40.5 Å². The lowest BCUT2D eigenvalue weighted by atomic mass is 9.80. The summed E-state index contributed by atoms with van der Waals surface area (Å²) in [5, 5.41) is 13.1. The van der Waals surface area contributed by atoms with Crippen LogP contribution in [0.25, 0.3) is 0 Å². The normalized spacial score (nSPS) is 28.9. The Hall–Kier alpha value is 0.0300. The van der Waals surface area contributed by atoms with Crippen LogP contribution in [0.1, 0.15) is 40.5 Å². The molecule has 1 aliphatic rings. The summed E-state index contributed by atoms with van der Waals surface area (Å²) in [7, 11) is -2.87. The van der Waals surface area contributed by atoms with Crippen molar-refractivity contribution in [1.82, 2.24) is 5.06 Å². The van der Waals surface area contributed by atoms with E-state index in [0.717, 1.165) is 12.2 Å². The zero-order chi connectivity index (χ0) is 13.5. The van der Waals surface area contributed by atoms with Crippen LogP contribution in [0.15, 0.2) is 0 Å². The second-order valence-corrected chi connectivity index (χ2v) is 7.22. The van der Waals surface area contributed by atoms with Gasteiger partial charge in [-0.3, -0.25) is 9.05 Å². The third-order valence-electron chi connectivity index (χ3n) is 3.07. The van der Waals surface area contributed by atoms with Crippen molar-refractivity contribution in [2.24, 2.45) is 0 Å². The minimum Gasteiger partial charge on any atom is -0.302 e. The van der Waals surface area contributed by atoms with Crippen molar-refractivity contribution in [2.75, 3.05) is 7.11 Å². The van der Waals surface area contributed by atoms with E-state index < -0.39 is 25.0 Å². The predicted octanol–water partition coefficient (Wildman–Crippen LogP) is 2.12. The minimum atomic E-state index is -3.99. The molecule has 1 fully saturated rings. The Labute approximate surface area is 102 Å². The molecule has 101 valence electrons. The quantitative estimate of drug-likeness (QED) is 0.791. The average molecular weight is 266 g/mol. The van der Waals surface area contributed by atoms with Gasteiger partial charge in [-0.1, -0.05) is 0 Å². The largest absolute Gasteiger partial charge is 0.472 e. The Morgan fingerprint density at radius 2 is 1.65 bits per heavy atom. The van der Waals surface area contributed by atoms with Gasteiger partial charge in [0, 0.05) is 18.2 Å². The highest BCUT2D eigenvalue weighted by Gasteiger charge is 2.48. The van der Waals surface area contributed by atoms with Crippen molar-refractivity contribution >= 4 is 7.82 Å². The Morgan fingerprint density at radius 3 is 2.00 bits per heavy atom. The molecule has 1 saturated heterocycles. The lowest BCUT2D eigenvalue weighted by molar-refractivity contribution is -0.297. The molecule has 0 saturated carbocycles. The number of piperidine rings is 1. The summed E-state index contributed by atoms with van der Waals surface area (Å²) >= 11 is 0. The molecular weight excluding hydrogens is 245 g/mol. The topological polar surface area (TPSA) is 78.9 Å². The first-order valence-electron chi connectivity index (χ1n) is 5.55. The summed E-state index contributed by atoms with van der Waals surface area (Å²) in [4.78, 5) is 9.30. The van der Waals surface area contributed by atoms with E-state index in [4.69, 9.17) is 4.52 Å². The zero-order valence-electron chi connectivity index (χ0n) is 11.0. The van der Waals surface area contributed by atoms with Gasteiger partial charge in [-0.15, -0.1) is 10.3 Å². The molecule has 1 rings (SSSR count). The monoisotopic (exact) mass is 266 g/mol. The molecule has 0 spiro atoms. The fourth-order valence-electron chi connectivity index (χ4n) is 2.48. The maximum absolute atomic E-state index is 12.0. The molecule has 1 N–H and O–H groups in total. The number of hydroxylamine groups is 2. The molecule has 0 aromatic heterocycles. The van der Waals surface area contributed by atoms with Crippen molar-refractivity contribution in [1.29, 1.82) is 0 Å². The first-order valence-corrected chi connectivity index (χ1v) is 7.04. The number of rotatable bonds is 3. The molecule has 6 nitrogen and oxygen atoms in total. The molecular formula is C10H21NO5P. The average Bonchev–Trinajstić information content (AvgIpc) is 2.12. The fraction of sp³-hybridized carbons (Fsp3) is 1.00. The Morgan fingerprint density at radius 1 is 1.24 bits per heavy atom. The van der Waals surface area contributed by atoms with Gasteiger partial charge in [0.1, 0.15) is 0 Å². The summed E-state index contributed by atoms with van der Waals surface area (Å²) in [6.07, 6.45) is 0.336. The van der Waals surface area contributed by atoms with E-state index in [2.05, 4.69) is 4.52 Å². The highest BCUT2D eigenvalue weighted by Crippen LogP contribution is 2.48. The van der Waals surface area contributed by atoms with Crippen LogP contribution in [0.5, 0.6) is 0 Å². The Kier molecular flexibility index (Phi) is 4.09. The van der Waals surface area contributed by atoms with Gasteiger partial charge in [0.25, 0.3) is 0 Å². The van der Waals surface area contributed by atoms with Crippen LogP contribution >= 0.6 is 7.82 Å². The van der Waals surface area contributed by atoms with E-state index in [0.29, 0.717) is 12.8 Å². The molecule has 17 heavy (non-hydrogen) atoms. The van der Waals surface area contributed by atoms with Gasteiger partial charge in [-0.2, -0.15) is 0 Å². The third kappa shape index (κ3) is 3.50. The van der Waals surface area contributed by atoms with Gasteiger partial charge in [0.15, 0.2) is 0 Å². The van der Waals surface area contributed by atoms with Crippen LogP contribution < -0.4 is 0 Å². The molecule has 0 bridgehead atoms. The van der Waals surface area contributed by atoms with Crippen molar-refractivity contribution in [2.45, 2.75) is 57.7 Å². The van der Waals surface area contributed by atoms with Crippen molar-refractivity contribution < 1.29 is 23.7 Å². The molecule has 1 atom stereocenters. The van der Waals surface area contributed by atoms with Crippen LogP contribution in [-0.4, -0.2) is 34.2 Å². The maximum atomic E-state index is 12.0. The van der Waals surface area contributed by atoms with E-state index in [1.54, 1.807) is 27.7 Å². The van der Waals surface area contributed by atoms with Crippen LogP contribution in [0, 0.1) is 0 Å². The predicted molar refractivity (Wildman–Crippen MR) is 61.6 cm³/mol. The summed E-state index contributed by atoms with van der Waals surface area (Å²) < 4.78 is 20.8. The SMILES string of the molecule is COP(=O)(O)OC1CC(C)(C)N([O])C(C)(C)C1. The Balaban J connectivity index is 2.82. The Bertz CT molecular complexity index is 313. The van der Waals surface area contributed by atoms with E-state index in [-0.39, 0.29) is 0 Å². The van der Waals surface area contributed by atoms with E-state index >= 15 is 0 Å². The van der Waals surface area contributed by atoms with E-state index in [1.807, 2.05) is 0 Å². The molecule has 0 aromatic carbocycles. The van der Waals surface area contributed by atoms with Crippen molar-refractivity contribution in [3.63, 3.8) is 0 Å². The molecule has 0 amide bonds. The lowest BCUT2D eigenvalue weighted by Gasteiger charge is -2.49. The first-order chi connectivity index (χ1) is 7.50. The maximum Gasteiger partial charge on any atom is 0.472 e. The molecule has 0 aliphatic carbocycles. The second-order valence-electron chi connectivity index (χ2n) is 5.71. The summed E-state index contributed by atoms with van der Waals surface area (Å²) in [5.74, 6) is 0. The number of nitrogens with zero attached hydrogens (tertiary/aromatic N) is 1. The molecule has 0 aromatic rings.